The van der Waals surface area contributed by atoms with E-state index >= 15 is 0 Å². The molecule has 1 heterocycles. The minimum atomic E-state index is -3.41. The zero-order valence-electron chi connectivity index (χ0n) is 16.0. The molecule has 0 aliphatic rings. The van der Waals surface area contributed by atoms with Gasteiger partial charge in [0.25, 0.3) is 10.2 Å². The Kier molecular flexibility index (Phi) is 7.81. The van der Waals surface area contributed by atoms with Crippen LogP contribution in [0.25, 0.3) is 0 Å². The second-order valence-electron chi connectivity index (χ2n) is 6.32. The number of hydrogen-bond acceptors (Lipinski definition) is 8. The Labute approximate surface area is 188 Å². The maximum Gasteiger partial charge on any atom is 0.262 e. The van der Waals surface area contributed by atoms with Crippen LogP contribution in [0.4, 0.5) is 5.13 Å². The standard InChI is InChI=1S/C19H19N3O4S4/c1-26-15-7-9-16(10-8-15)30(24,25)13-22(11-14-5-3-2-4-6-14)12-17(23)20-18-21-19(27)29-28-18/h2-10H,11-13H2,1H3,(H-,20,21,23,24,25,27)/p+1. The minimum Gasteiger partial charge on any atom is -0.497 e. The number of methoxy groups -OCH3 is 1. The zero-order valence-corrected chi connectivity index (χ0v) is 19.3. The molecule has 3 rings (SSSR count). The Morgan fingerprint density at radius 2 is 1.90 bits per heavy atom. The van der Waals surface area contributed by atoms with E-state index in [4.69, 9.17) is 17.0 Å². The van der Waals surface area contributed by atoms with Crippen LogP contribution in [-0.4, -0.2) is 39.9 Å². The highest BCUT2D eigenvalue weighted by Gasteiger charge is 2.33. The predicted molar refractivity (Wildman–Crippen MR) is 123 cm³/mol. The average molecular weight is 483 g/mol. The molecular formula is C19H20N3O4S4+. The number of carbonyl (C=O) groups is 1. The summed E-state index contributed by atoms with van der Waals surface area (Å²) < 4.78 is 29.3. The number of hydrogen-bond donors (Lipinski definition) is 2. The van der Waals surface area contributed by atoms with Crippen molar-refractivity contribution < 1.29 is 18.3 Å². The Morgan fingerprint density at radius 3 is 2.50 bits per heavy atom. The number of aromatic nitrogens is 1. The molecule has 1 unspecified atom stereocenters. The second kappa shape index (κ2) is 10.3. The number of nitrogens with one attached hydrogen (secondary N) is 1. The number of anilines is 1. The fourth-order valence-corrected chi connectivity index (χ4v) is 5.97. The highest BCUT2D eigenvalue weighted by Crippen LogP contribution is 2.23. The molecule has 0 fully saturated rings. The lowest BCUT2D eigenvalue weighted by atomic mass is 10.2. The first-order valence-corrected chi connectivity index (χ1v) is 13.0. The van der Waals surface area contributed by atoms with Crippen molar-refractivity contribution in [2.75, 3.05) is 24.8 Å². The molecule has 2 aromatic carbocycles. The van der Waals surface area contributed by atoms with Gasteiger partial charge in [-0.05, 0) is 62.7 Å². The van der Waals surface area contributed by atoms with E-state index in [1.807, 2.05) is 30.3 Å². The van der Waals surface area contributed by atoms with E-state index in [1.165, 1.54) is 27.8 Å². The van der Waals surface area contributed by atoms with Gasteiger partial charge in [0, 0.05) is 6.54 Å². The Balaban J connectivity index is 1.76. The molecule has 0 aliphatic heterocycles. The lowest BCUT2D eigenvalue weighted by molar-refractivity contribution is -0.117. The number of benzene rings is 2. The molecular weight excluding hydrogens is 462 g/mol. The number of ether oxygens (including phenoxy) is 1. The molecule has 158 valence electrons. The van der Waals surface area contributed by atoms with Crippen molar-refractivity contribution in [3.8, 4) is 5.75 Å². The van der Waals surface area contributed by atoms with Crippen molar-refractivity contribution in [1.82, 2.24) is 9.88 Å². The first-order valence-electron chi connectivity index (χ1n) is 8.77. The summed E-state index contributed by atoms with van der Waals surface area (Å²) in [4.78, 5) is 18.5. The van der Waals surface area contributed by atoms with Gasteiger partial charge in [-0.15, -0.1) is 0 Å². The third-order valence-electron chi connectivity index (χ3n) is 4.03. The van der Waals surface area contributed by atoms with E-state index in [1.54, 1.807) is 29.2 Å². The van der Waals surface area contributed by atoms with Gasteiger partial charge in [0.05, 0.1) is 13.7 Å². The topological polar surface area (TPSA) is 91.8 Å². The van der Waals surface area contributed by atoms with Gasteiger partial charge >= 0.3 is 0 Å². The van der Waals surface area contributed by atoms with E-state index in [0.29, 0.717) is 21.4 Å². The highest BCUT2D eigenvalue weighted by molar-refractivity contribution is 7.97. The van der Waals surface area contributed by atoms with Crippen molar-refractivity contribution in [3.63, 3.8) is 0 Å². The number of nitrogens with zero attached hydrogens (tertiary/aromatic N) is 2. The molecule has 0 saturated heterocycles. The summed E-state index contributed by atoms with van der Waals surface area (Å²) in [6.07, 6.45) is 0. The molecule has 30 heavy (non-hydrogen) atoms. The smallest absolute Gasteiger partial charge is 0.262 e. The summed E-state index contributed by atoms with van der Waals surface area (Å²) in [6, 6.07) is 15.9. The molecule has 2 N–H and O–H groups in total. The lowest BCUT2D eigenvalue weighted by Crippen LogP contribution is -2.38. The van der Waals surface area contributed by atoms with Crippen molar-refractivity contribution in [3.05, 3.63) is 64.1 Å². The van der Waals surface area contributed by atoms with Gasteiger partial charge in [-0.3, -0.25) is 4.79 Å². The SMILES string of the molecule is COc1ccc([S+](=O)(O)CN(CC(=O)Nc2nc(=S)ss2)Cc2ccccc2)cc1. The van der Waals surface area contributed by atoms with Gasteiger partial charge in [-0.2, -0.15) is 9.54 Å². The Hall–Kier alpha value is -2.02. The van der Waals surface area contributed by atoms with Crippen molar-refractivity contribution in [1.29, 1.82) is 0 Å². The summed E-state index contributed by atoms with van der Waals surface area (Å²) in [5, 5.41) is 3.12. The van der Waals surface area contributed by atoms with Crippen LogP contribution in [0.3, 0.4) is 0 Å². The van der Waals surface area contributed by atoms with Crippen LogP contribution >= 0.6 is 32.9 Å². The van der Waals surface area contributed by atoms with Gasteiger partial charge in [0.2, 0.25) is 16.9 Å². The maximum atomic E-state index is 13.1. The van der Waals surface area contributed by atoms with Crippen LogP contribution in [0.1, 0.15) is 5.56 Å². The Morgan fingerprint density at radius 1 is 1.20 bits per heavy atom. The molecule has 1 aromatic heterocycles. The largest absolute Gasteiger partial charge is 0.497 e. The minimum absolute atomic E-state index is 0.0698. The van der Waals surface area contributed by atoms with Crippen LogP contribution in [0.2, 0.25) is 0 Å². The van der Waals surface area contributed by atoms with E-state index in [-0.39, 0.29) is 23.2 Å². The molecule has 0 aliphatic carbocycles. The van der Waals surface area contributed by atoms with Crippen LogP contribution in [0.15, 0.2) is 59.5 Å². The normalized spacial score (nSPS) is 13.0. The fraction of sp³-hybridized carbons (Fsp3) is 0.211. The summed E-state index contributed by atoms with van der Waals surface area (Å²) in [6.45, 7) is 0.272. The van der Waals surface area contributed by atoms with E-state index in [9.17, 15) is 13.6 Å². The third-order valence-corrected chi connectivity index (χ3v) is 8.28. The second-order valence-corrected chi connectivity index (χ2v) is 11.1. The van der Waals surface area contributed by atoms with Gasteiger partial charge in [-0.25, -0.2) is 4.90 Å². The van der Waals surface area contributed by atoms with E-state index in [0.717, 1.165) is 5.56 Å². The first-order chi connectivity index (χ1) is 14.4. The van der Waals surface area contributed by atoms with Crippen LogP contribution < -0.4 is 10.1 Å². The van der Waals surface area contributed by atoms with Crippen molar-refractivity contribution in [2.24, 2.45) is 0 Å². The zero-order chi connectivity index (χ0) is 21.6. The summed E-state index contributed by atoms with van der Waals surface area (Å²) in [5.41, 5.74) is 0.930. The molecule has 3 aromatic rings. The molecule has 0 bridgehead atoms. The predicted octanol–water partition coefficient (Wildman–Crippen LogP) is 4.37. The molecule has 7 nitrogen and oxygen atoms in total. The number of carbonyl (C=O) groups excluding carboxylic acids is 1. The average Bonchev–Trinajstić information content (AvgIpc) is 3.12. The fourth-order valence-electron chi connectivity index (χ4n) is 2.71. The summed E-state index contributed by atoms with van der Waals surface area (Å²) in [7, 11) is 0.705. The monoisotopic (exact) mass is 482 g/mol. The van der Waals surface area contributed by atoms with Gasteiger partial charge in [0.15, 0.2) is 8.85 Å². The van der Waals surface area contributed by atoms with Crippen molar-refractivity contribution in [2.45, 2.75) is 11.4 Å². The molecule has 11 heteroatoms. The van der Waals surface area contributed by atoms with Crippen LogP contribution in [0.5, 0.6) is 5.75 Å². The van der Waals surface area contributed by atoms with Gasteiger partial charge in [0.1, 0.15) is 5.75 Å². The molecule has 0 radical (unpaired) electrons. The first kappa shape index (κ1) is 22.7. The maximum absolute atomic E-state index is 13.1. The quantitative estimate of drug-likeness (QED) is 0.266. The van der Waals surface area contributed by atoms with Gasteiger partial charge in [-0.1, -0.05) is 34.5 Å². The molecule has 0 saturated carbocycles. The van der Waals surface area contributed by atoms with Crippen LogP contribution in [-0.2, 0) is 25.8 Å². The molecule has 1 amide bonds. The highest BCUT2D eigenvalue weighted by atomic mass is 32.9. The summed E-state index contributed by atoms with van der Waals surface area (Å²) in [5.74, 6) is 0.0709. The lowest BCUT2D eigenvalue weighted by Gasteiger charge is -2.20. The van der Waals surface area contributed by atoms with Crippen LogP contribution in [0, 0.1) is 3.95 Å². The van der Waals surface area contributed by atoms with Gasteiger partial charge < -0.3 is 10.1 Å². The van der Waals surface area contributed by atoms with Crippen molar-refractivity contribution >= 4 is 54.2 Å². The molecule has 0 spiro atoms. The number of rotatable bonds is 9. The van der Waals surface area contributed by atoms with E-state index < -0.39 is 10.2 Å². The molecule has 1 atom stereocenters. The number of amides is 1. The summed E-state index contributed by atoms with van der Waals surface area (Å²) >= 11 is 4.98. The Bertz CT molecular complexity index is 1080. The van der Waals surface area contributed by atoms with E-state index in [2.05, 4.69) is 10.3 Å². The third kappa shape index (κ3) is 6.49.